The van der Waals surface area contributed by atoms with E-state index in [-0.39, 0.29) is 11.6 Å². The molecule has 1 aromatic heterocycles. The molecule has 1 aliphatic heterocycles. The largest absolute Gasteiger partial charge is 0.462 e. The summed E-state index contributed by atoms with van der Waals surface area (Å²) in [4.78, 5) is 32.3. The number of thiazole rings is 1. The first-order chi connectivity index (χ1) is 18.1. The molecule has 0 spiro atoms. The molecule has 1 aliphatic rings. The van der Waals surface area contributed by atoms with Gasteiger partial charge in [0.1, 0.15) is 22.0 Å². The number of piperazine rings is 1. The number of para-hydroxylation sites is 1. The van der Waals surface area contributed by atoms with Gasteiger partial charge >= 0.3 is 5.97 Å². The molecule has 1 saturated heterocycles. The number of aromatic nitrogens is 1. The molecular weight excluding hydrogens is 502 g/mol. The number of carbonyl (C=O) groups is 2. The standard InChI is InChI=1S/C24H27N3O3S.C5H10O2/c1-4-29-23(28)22-21(25-24(31-22)27-15-14-26(3)16-17(27)2)18-10-12-20(13-11-18)30-19-8-6-5-7-9-19;1-5(2,3)7-4-6/h5-13,17H,4,14-16H2,1-3H3;4H,1-3H3. The molecule has 2 heterocycles. The van der Waals surface area contributed by atoms with Crippen molar-refractivity contribution in [2.24, 2.45) is 0 Å². The molecule has 3 aromatic rings. The Balaban J connectivity index is 0.000000505. The van der Waals surface area contributed by atoms with Crippen LogP contribution in [0.5, 0.6) is 11.5 Å². The van der Waals surface area contributed by atoms with Crippen LogP contribution in [0.25, 0.3) is 11.3 Å². The number of likely N-dealkylation sites (N-methyl/N-ethyl adjacent to an activating group) is 1. The van der Waals surface area contributed by atoms with Gasteiger partial charge in [-0.25, -0.2) is 9.78 Å². The highest BCUT2D eigenvalue weighted by molar-refractivity contribution is 7.18. The average Bonchev–Trinajstić information content (AvgIpc) is 3.30. The maximum atomic E-state index is 12.7. The SMILES string of the molecule is CC(C)(C)OC=O.CCOC(=O)c1sc(N2CCN(C)CC2C)nc1-c1ccc(Oc2ccccc2)cc1. The van der Waals surface area contributed by atoms with Crippen molar-refractivity contribution in [2.75, 3.05) is 38.2 Å². The van der Waals surface area contributed by atoms with Crippen molar-refractivity contribution in [1.82, 2.24) is 9.88 Å². The number of ether oxygens (including phenoxy) is 3. The van der Waals surface area contributed by atoms with Crippen LogP contribution < -0.4 is 9.64 Å². The van der Waals surface area contributed by atoms with Gasteiger partial charge in [-0.1, -0.05) is 29.5 Å². The molecule has 1 fully saturated rings. The van der Waals surface area contributed by atoms with Crippen LogP contribution in [0.2, 0.25) is 0 Å². The zero-order chi connectivity index (χ0) is 27.7. The van der Waals surface area contributed by atoms with Gasteiger partial charge in [0.25, 0.3) is 6.47 Å². The second-order valence-corrected chi connectivity index (χ2v) is 10.9. The number of nitrogens with zero attached hydrogens (tertiary/aromatic N) is 3. The van der Waals surface area contributed by atoms with E-state index in [4.69, 9.17) is 14.5 Å². The summed E-state index contributed by atoms with van der Waals surface area (Å²) in [7, 11) is 2.13. The molecule has 0 amide bonds. The Hall–Kier alpha value is -3.43. The van der Waals surface area contributed by atoms with Gasteiger partial charge < -0.3 is 24.0 Å². The third kappa shape index (κ3) is 8.29. The topological polar surface area (TPSA) is 81.2 Å². The molecule has 4 rings (SSSR count). The first-order valence-electron chi connectivity index (χ1n) is 12.7. The minimum absolute atomic E-state index is 0.318. The van der Waals surface area contributed by atoms with Crippen molar-refractivity contribution in [2.45, 2.75) is 46.3 Å². The molecule has 0 aliphatic carbocycles. The first kappa shape index (κ1) is 29.1. The highest BCUT2D eigenvalue weighted by Gasteiger charge is 2.28. The molecule has 1 unspecified atom stereocenters. The monoisotopic (exact) mass is 539 g/mol. The van der Waals surface area contributed by atoms with Gasteiger partial charge in [-0.15, -0.1) is 0 Å². The van der Waals surface area contributed by atoms with Crippen LogP contribution in [0, 0.1) is 0 Å². The lowest BCUT2D eigenvalue weighted by Crippen LogP contribution is -2.50. The quantitative estimate of drug-likeness (QED) is 0.272. The zero-order valence-electron chi connectivity index (χ0n) is 23.0. The molecule has 0 saturated carbocycles. The van der Waals surface area contributed by atoms with Crippen molar-refractivity contribution < 1.29 is 23.8 Å². The maximum absolute atomic E-state index is 12.7. The number of rotatable bonds is 7. The summed E-state index contributed by atoms with van der Waals surface area (Å²) in [6.07, 6.45) is 0. The molecule has 0 radical (unpaired) electrons. The molecule has 8 nitrogen and oxygen atoms in total. The van der Waals surface area contributed by atoms with Gasteiger partial charge in [-0.05, 0) is 78.1 Å². The second-order valence-electron chi connectivity index (χ2n) is 9.97. The van der Waals surface area contributed by atoms with E-state index in [9.17, 15) is 9.59 Å². The van der Waals surface area contributed by atoms with Gasteiger partial charge in [0.2, 0.25) is 0 Å². The Bertz CT molecular complexity index is 1180. The van der Waals surface area contributed by atoms with E-state index in [0.717, 1.165) is 41.8 Å². The van der Waals surface area contributed by atoms with E-state index in [1.54, 1.807) is 0 Å². The molecule has 9 heteroatoms. The summed E-state index contributed by atoms with van der Waals surface area (Å²) >= 11 is 1.41. The molecule has 204 valence electrons. The first-order valence-corrected chi connectivity index (χ1v) is 13.5. The van der Waals surface area contributed by atoms with Crippen molar-refractivity contribution in [3.63, 3.8) is 0 Å². The van der Waals surface area contributed by atoms with Crippen LogP contribution >= 0.6 is 11.3 Å². The number of esters is 1. The van der Waals surface area contributed by atoms with Crippen LogP contribution in [0.4, 0.5) is 5.13 Å². The highest BCUT2D eigenvalue weighted by atomic mass is 32.1. The summed E-state index contributed by atoms with van der Waals surface area (Å²) in [5.74, 6) is 1.19. The van der Waals surface area contributed by atoms with E-state index in [2.05, 4.69) is 28.5 Å². The number of benzene rings is 2. The fourth-order valence-electron chi connectivity index (χ4n) is 3.84. The van der Waals surface area contributed by atoms with Crippen LogP contribution in [0.1, 0.15) is 44.3 Å². The minimum Gasteiger partial charge on any atom is -0.462 e. The number of anilines is 1. The smallest absolute Gasteiger partial charge is 0.350 e. The predicted octanol–water partition coefficient (Wildman–Crippen LogP) is 5.88. The third-order valence-corrected chi connectivity index (χ3v) is 6.73. The molecule has 0 bridgehead atoms. The lowest BCUT2D eigenvalue weighted by Gasteiger charge is -2.38. The Morgan fingerprint density at radius 1 is 1.08 bits per heavy atom. The molecule has 1 atom stereocenters. The molecule has 38 heavy (non-hydrogen) atoms. The summed E-state index contributed by atoms with van der Waals surface area (Å²) in [6.45, 7) is 13.1. The van der Waals surface area contributed by atoms with E-state index in [1.165, 1.54) is 11.3 Å². The normalized spacial score (nSPS) is 15.7. The Kier molecular flexibility index (Phi) is 10.3. The number of carbonyl (C=O) groups excluding carboxylic acids is 2. The average molecular weight is 540 g/mol. The highest BCUT2D eigenvalue weighted by Crippen LogP contribution is 2.36. The van der Waals surface area contributed by atoms with Crippen molar-refractivity contribution in [3.8, 4) is 22.8 Å². The van der Waals surface area contributed by atoms with Gasteiger partial charge in [0.15, 0.2) is 5.13 Å². The summed E-state index contributed by atoms with van der Waals surface area (Å²) in [6, 6.07) is 17.6. The van der Waals surface area contributed by atoms with E-state index < -0.39 is 0 Å². The van der Waals surface area contributed by atoms with Gasteiger partial charge in [0.05, 0.1) is 12.3 Å². The van der Waals surface area contributed by atoms with Crippen molar-refractivity contribution >= 4 is 28.9 Å². The van der Waals surface area contributed by atoms with Gasteiger partial charge in [-0.3, -0.25) is 4.79 Å². The van der Waals surface area contributed by atoms with Crippen LogP contribution in [0.15, 0.2) is 54.6 Å². The summed E-state index contributed by atoms with van der Waals surface area (Å²) < 4.78 is 15.8. The third-order valence-electron chi connectivity index (χ3n) is 5.66. The second kappa shape index (κ2) is 13.4. The molecule has 2 aromatic carbocycles. The number of hydrogen-bond donors (Lipinski definition) is 0. The van der Waals surface area contributed by atoms with Crippen molar-refractivity contribution in [3.05, 3.63) is 59.5 Å². The van der Waals surface area contributed by atoms with Gasteiger partial charge in [0, 0.05) is 31.2 Å². The van der Waals surface area contributed by atoms with Gasteiger partial charge in [-0.2, -0.15) is 0 Å². The minimum atomic E-state index is -0.326. The van der Waals surface area contributed by atoms with Crippen LogP contribution in [-0.2, 0) is 14.3 Å². The lowest BCUT2D eigenvalue weighted by molar-refractivity contribution is -0.138. The fourth-order valence-corrected chi connectivity index (χ4v) is 4.95. The predicted molar refractivity (Wildman–Crippen MR) is 151 cm³/mol. The zero-order valence-corrected chi connectivity index (χ0v) is 23.8. The Labute approximate surface area is 229 Å². The number of hydrogen-bond acceptors (Lipinski definition) is 9. The maximum Gasteiger partial charge on any atom is 0.350 e. The van der Waals surface area contributed by atoms with E-state index in [0.29, 0.717) is 29.7 Å². The van der Waals surface area contributed by atoms with Crippen LogP contribution in [-0.4, -0.2) is 67.3 Å². The molecule has 0 N–H and O–H groups in total. The fraction of sp³-hybridized carbons (Fsp3) is 0.414. The Morgan fingerprint density at radius 3 is 2.29 bits per heavy atom. The summed E-state index contributed by atoms with van der Waals surface area (Å²) in [5, 5.41) is 0.864. The molecular formula is C29H37N3O5S. The van der Waals surface area contributed by atoms with Crippen molar-refractivity contribution in [1.29, 1.82) is 0 Å². The van der Waals surface area contributed by atoms with E-state index in [1.807, 2.05) is 82.3 Å². The van der Waals surface area contributed by atoms with E-state index >= 15 is 0 Å². The lowest BCUT2D eigenvalue weighted by atomic mass is 10.1. The Morgan fingerprint density at radius 2 is 1.74 bits per heavy atom. The summed E-state index contributed by atoms with van der Waals surface area (Å²) in [5.41, 5.74) is 1.21. The van der Waals surface area contributed by atoms with Crippen LogP contribution in [0.3, 0.4) is 0 Å².